The van der Waals surface area contributed by atoms with Crippen LogP contribution in [-0.4, -0.2) is 61.8 Å². The highest BCUT2D eigenvalue weighted by Crippen LogP contribution is 2.21. The summed E-state index contributed by atoms with van der Waals surface area (Å²) in [7, 11) is 5.06. The van der Waals surface area contributed by atoms with E-state index in [-0.39, 0.29) is 30.8 Å². The molecule has 0 aromatic heterocycles. The van der Waals surface area contributed by atoms with Crippen molar-refractivity contribution in [1.82, 2.24) is 9.80 Å². The zero-order valence-corrected chi connectivity index (χ0v) is 18.5. The summed E-state index contributed by atoms with van der Waals surface area (Å²) in [6.07, 6.45) is 0. The number of benzene rings is 2. The van der Waals surface area contributed by atoms with Crippen molar-refractivity contribution in [3.8, 4) is 0 Å². The third kappa shape index (κ3) is 6.42. The Morgan fingerprint density at radius 1 is 0.833 bits per heavy atom. The van der Waals surface area contributed by atoms with Gasteiger partial charge in [0, 0.05) is 31.0 Å². The maximum atomic E-state index is 12.4. The number of amides is 3. The predicted octanol–water partition coefficient (Wildman–Crippen LogP) is 2.82. The molecule has 0 fully saturated rings. The van der Waals surface area contributed by atoms with Crippen LogP contribution in [0.2, 0.25) is 0 Å². The monoisotopic (exact) mass is 410 g/mol. The van der Waals surface area contributed by atoms with E-state index < -0.39 is 0 Å². The molecule has 7 heteroatoms. The predicted molar refractivity (Wildman–Crippen MR) is 120 cm³/mol. The molecule has 2 rings (SSSR count). The minimum absolute atomic E-state index is 0.0468. The Hall–Kier alpha value is -3.19. The molecular weight excluding hydrogens is 380 g/mol. The van der Waals surface area contributed by atoms with Crippen LogP contribution >= 0.6 is 0 Å². The van der Waals surface area contributed by atoms with Crippen LogP contribution in [0.4, 0.5) is 11.4 Å². The van der Waals surface area contributed by atoms with Crippen LogP contribution in [-0.2, 0) is 9.59 Å². The maximum absolute atomic E-state index is 12.4. The fourth-order valence-corrected chi connectivity index (χ4v) is 3.29. The van der Waals surface area contributed by atoms with Gasteiger partial charge in [-0.05, 0) is 57.1 Å². The standard InChI is InChI=1S/C23H30N4O3/c1-15-10-16(2)22(17(3)11-15)25-21(29)14-27(6)13-20(28)24-19-9-7-8-18(12-19)23(30)26(4)5/h7-12H,13-14H2,1-6H3,(H,24,28)(H,25,29). The van der Waals surface area contributed by atoms with Crippen LogP contribution in [0, 0.1) is 20.8 Å². The summed E-state index contributed by atoms with van der Waals surface area (Å²) in [5.41, 5.74) is 5.01. The number of carbonyl (C=O) groups is 3. The van der Waals surface area contributed by atoms with E-state index in [1.165, 1.54) is 4.90 Å². The molecule has 2 aromatic rings. The van der Waals surface area contributed by atoms with Gasteiger partial charge in [-0.1, -0.05) is 23.8 Å². The average Bonchev–Trinajstić information content (AvgIpc) is 2.63. The van der Waals surface area contributed by atoms with Crippen molar-refractivity contribution < 1.29 is 14.4 Å². The van der Waals surface area contributed by atoms with Crippen molar-refractivity contribution >= 4 is 29.1 Å². The molecule has 160 valence electrons. The largest absolute Gasteiger partial charge is 0.345 e. The van der Waals surface area contributed by atoms with Crippen molar-refractivity contribution in [1.29, 1.82) is 0 Å². The zero-order valence-electron chi connectivity index (χ0n) is 18.5. The second-order valence-corrected chi connectivity index (χ2v) is 7.82. The van der Waals surface area contributed by atoms with E-state index in [0.717, 1.165) is 22.4 Å². The second-order valence-electron chi connectivity index (χ2n) is 7.82. The Morgan fingerprint density at radius 3 is 1.97 bits per heavy atom. The Bertz CT molecular complexity index is 930. The molecule has 0 heterocycles. The highest BCUT2D eigenvalue weighted by molar-refractivity contribution is 5.98. The van der Waals surface area contributed by atoms with E-state index in [4.69, 9.17) is 0 Å². The number of hydrogen-bond acceptors (Lipinski definition) is 4. The van der Waals surface area contributed by atoms with Gasteiger partial charge in [-0.2, -0.15) is 0 Å². The molecule has 3 amide bonds. The SMILES string of the molecule is Cc1cc(C)c(NC(=O)CN(C)CC(=O)Nc2cccc(C(=O)N(C)C)c2)c(C)c1. The van der Waals surface area contributed by atoms with Gasteiger partial charge in [0.05, 0.1) is 13.1 Å². The summed E-state index contributed by atoms with van der Waals surface area (Å²) < 4.78 is 0. The van der Waals surface area contributed by atoms with Crippen LogP contribution in [0.1, 0.15) is 27.0 Å². The molecule has 0 bridgehead atoms. The van der Waals surface area contributed by atoms with Gasteiger partial charge >= 0.3 is 0 Å². The normalized spacial score (nSPS) is 10.6. The molecule has 30 heavy (non-hydrogen) atoms. The first-order valence-corrected chi connectivity index (χ1v) is 9.74. The fourth-order valence-electron chi connectivity index (χ4n) is 3.29. The fraction of sp³-hybridized carbons (Fsp3) is 0.348. The second kappa shape index (κ2) is 10.0. The Kier molecular flexibility index (Phi) is 7.72. The third-order valence-corrected chi connectivity index (χ3v) is 4.57. The number of likely N-dealkylation sites (N-methyl/N-ethyl adjacent to an activating group) is 1. The molecule has 0 spiro atoms. The molecule has 0 saturated heterocycles. The number of aryl methyl sites for hydroxylation is 3. The molecule has 0 aliphatic carbocycles. The molecule has 0 saturated carbocycles. The summed E-state index contributed by atoms with van der Waals surface area (Å²) in [6, 6.07) is 10.8. The van der Waals surface area contributed by atoms with Crippen LogP contribution in [0.25, 0.3) is 0 Å². The molecule has 0 aliphatic heterocycles. The van der Waals surface area contributed by atoms with E-state index >= 15 is 0 Å². The molecule has 0 atom stereocenters. The zero-order chi connectivity index (χ0) is 22.4. The minimum Gasteiger partial charge on any atom is -0.345 e. The van der Waals surface area contributed by atoms with Gasteiger partial charge in [0.2, 0.25) is 11.8 Å². The van der Waals surface area contributed by atoms with Gasteiger partial charge in [-0.3, -0.25) is 19.3 Å². The van der Waals surface area contributed by atoms with E-state index in [9.17, 15) is 14.4 Å². The molecule has 2 N–H and O–H groups in total. The Balaban J connectivity index is 1.91. The van der Waals surface area contributed by atoms with Crippen LogP contribution in [0.3, 0.4) is 0 Å². The molecule has 7 nitrogen and oxygen atoms in total. The Labute approximate surface area is 178 Å². The topological polar surface area (TPSA) is 81.8 Å². The van der Waals surface area contributed by atoms with Crippen LogP contribution < -0.4 is 10.6 Å². The third-order valence-electron chi connectivity index (χ3n) is 4.57. The molecule has 0 aliphatic rings. The molecule has 0 unspecified atom stereocenters. The minimum atomic E-state index is -0.262. The summed E-state index contributed by atoms with van der Waals surface area (Å²) in [5, 5.41) is 5.71. The lowest BCUT2D eigenvalue weighted by Crippen LogP contribution is -2.36. The van der Waals surface area contributed by atoms with Crippen molar-refractivity contribution in [3.05, 3.63) is 58.7 Å². The van der Waals surface area contributed by atoms with Gasteiger partial charge in [0.1, 0.15) is 0 Å². The number of rotatable bonds is 7. The van der Waals surface area contributed by atoms with Crippen molar-refractivity contribution in [3.63, 3.8) is 0 Å². The summed E-state index contributed by atoms with van der Waals surface area (Å²) in [4.78, 5) is 39.9. The van der Waals surface area contributed by atoms with Crippen LogP contribution in [0.5, 0.6) is 0 Å². The summed E-state index contributed by atoms with van der Waals surface area (Å²) in [6.45, 7) is 6.07. The summed E-state index contributed by atoms with van der Waals surface area (Å²) in [5.74, 6) is -0.581. The van der Waals surface area contributed by atoms with Gasteiger partial charge in [-0.15, -0.1) is 0 Å². The average molecular weight is 411 g/mol. The first-order valence-electron chi connectivity index (χ1n) is 9.74. The van der Waals surface area contributed by atoms with Gasteiger partial charge in [0.25, 0.3) is 5.91 Å². The van der Waals surface area contributed by atoms with E-state index in [2.05, 4.69) is 10.6 Å². The van der Waals surface area contributed by atoms with Gasteiger partial charge in [0.15, 0.2) is 0 Å². The highest BCUT2D eigenvalue weighted by atomic mass is 16.2. The van der Waals surface area contributed by atoms with Crippen molar-refractivity contribution in [2.24, 2.45) is 0 Å². The Morgan fingerprint density at radius 2 is 1.40 bits per heavy atom. The number of carbonyl (C=O) groups excluding carboxylic acids is 3. The number of anilines is 2. The molecule has 2 aromatic carbocycles. The lowest BCUT2D eigenvalue weighted by Gasteiger charge is -2.18. The first kappa shape index (κ1) is 23.1. The van der Waals surface area contributed by atoms with Crippen molar-refractivity contribution in [2.75, 3.05) is 44.9 Å². The van der Waals surface area contributed by atoms with Gasteiger partial charge < -0.3 is 15.5 Å². The lowest BCUT2D eigenvalue weighted by atomic mass is 10.1. The highest BCUT2D eigenvalue weighted by Gasteiger charge is 2.14. The van der Waals surface area contributed by atoms with Crippen LogP contribution in [0.15, 0.2) is 36.4 Å². The summed E-state index contributed by atoms with van der Waals surface area (Å²) >= 11 is 0. The van der Waals surface area contributed by atoms with Crippen molar-refractivity contribution in [2.45, 2.75) is 20.8 Å². The lowest BCUT2D eigenvalue weighted by molar-refractivity contribution is -0.119. The van der Waals surface area contributed by atoms with Gasteiger partial charge in [-0.25, -0.2) is 0 Å². The maximum Gasteiger partial charge on any atom is 0.253 e. The van der Waals surface area contributed by atoms with E-state index in [0.29, 0.717) is 11.3 Å². The first-order chi connectivity index (χ1) is 14.1. The number of hydrogen-bond donors (Lipinski definition) is 2. The molecule has 0 radical (unpaired) electrons. The number of nitrogens with zero attached hydrogens (tertiary/aromatic N) is 2. The van der Waals surface area contributed by atoms with E-state index in [1.54, 1.807) is 50.3 Å². The van der Waals surface area contributed by atoms with E-state index in [1.807, 2.05) is 32.9 Å². The smallest absolute Gasteiger partial charge is 0.253 e. The number of nitrogens with one attached hydrogen (secondary N) is 2. The molecular formula is C23H30N4O3. The quantitative estimate of drug-likeness (QED) is 0.735.